The van der Waals surface area contributed by atoms with Gasteiger partial charge in [0.1, 0.15) is 5.37 Å². The number of hydrogen-bond acceptors (Lipinski definition) is 4. The molecule has 1 aliphatic heterocycles. The summed E-state index contributed by atoms with van der Waals surface area (Å²) in [4.78, 5) is 0.409. The van der Waals surface area contributed by atoms with E-state index in [4.69, 9.17) is 0 Å². The summed E-state index contributed by atoms with van der Waals surface area (Å²) in [5, 5.41) is 1.38. The van der Waals surface area contributed by atoms with Crippen LogP contribution in [-0.2, 0) is 9.84 Å². The lowest BCUT2D eigenvalue weighted by Crippen LogP contribution is -2.50. The molecule has 2 rings (SSSR count). The molecule has 1 aromatic rings. The van der Waals surface area contributed by atoms with Gasteiger partial charge in [-0.1, -0.05) is 18.2 Å². The number of sulfone groups is 1. The second kappa shape index (κ2) is 5.16. The van der Waals surface area contributed by atoms with Crippen molar-refractivity contribution in [1.29, 1.82) is 0 Å². The summed E-state index contributed by atoms with van der Waals surface area (Å²) >= 11 is 0. The Kier molecular flexibility index (Phi) is 3.81. The van der Waals surface area contributed by atoms with Gasteiger partial charge in [-0.25, -0.2) is 13.4 Å². The Morgan fingerprint density at radius 2 is 1.94 bits per heavy atom. The number of nitrogens with zero attached hydrogens (tertiary/aromatic N) is 1. The molecule has 5 heteroatoms. The molecule has 4 nitrogen and oxygen atoms in total. The fraction of sp³-hybridized carbons (Fsp3) is 0.500. The minimum atomic E-state index is -3.26. The van der Waals surface area contributed by atoms with Crippen molar-refractivity contribution in [3.8, 4) is 0 Å². The summed E-state index contributed by atoms with van der Waals surface area (Å²) in [5.41, 5.74) is 2.98. The maximum absolute atomic E-state index is 12.5. The van der Waals surface area contributed by atoms with E-state index >= 15 is 0 Å². The van der Waals surface area contributed by atoms with Gasteiger partial charge in [0.05, 0.1) is 4.90 Å². The summed E-state index contributed by atoms with van der Waals surface area (Å²) in [6.45, 7) is 0.785. The van der Waals surface area contributed by atoms with Crippen molar-refractivity contribution in [2.24, 2.45) is 0 Å². The molecule has 1 unspecified atom stereocenters. The van der Waals surface area contributed by atoms with Gasteiger partial charge < -0.3 is 0 Å². The van der Waals surface area contributed by atoms with Crippen molar-refractivity contribution < 1.29 is 8.42 Å². The van der Waals surface area contributed by atoms with E-state index in [1.807, 2.05) is 11.1 Å². The van der Waals surface area contributed by atoms with Crippen molar-refractivity contribution in [1.82, 2.24) is 10.4 Å². The molecule has 94 valence electrons. The Morgan fingerprint density at radius 1 is 1.24 bits per heavy atom. The van der Waals surface area contributed by atoms with E-state index in [1.54, 1.807) is 31.3 Å². The number of piperidine rings is 1. The molecule has 1 heterocycles. The maximum atomic E-state index is 12.5. The van der Waals surface area contributed by atoms with Gasteiger partial charge in [-0.15, -0.1) is 0 Å². The predicted molar refractivity (Wildman–Crippen MR) is 67.0 cm³/mol. The second-order valence-corrected chi connectivity index (χ2v) is 6.33. The highest BCUT2D eigenvalue weighted by Gasteiger charge is 2.34. The third kappa shape index (κ3) is 2.51. The van der Waals surface area contributed by atoms with Gasteiger partial charge in [0.15, 0.2) is 9.84 Å². The summed E-state index contributed by atoms with van der Waals surface area (Å²) in [6.07, 6.45) is 2.70. The van der Waals surface area contributed by atoms with Gasteiger partial charge >= 0.3 is 0 Å². The molecule has 1 N–H and O–H groups in total. The molecule has 0 spiro atoms. The zero-order valence-corrected chi connectivity index (χ0v) is 10.8. The summed E-state index contributed by atoms with van der Waals surface area (Å²) in [6, 6.07) is 8.68. The molecule has 1 aliphatic rings. The molecular formula is C12H18N2O2S. The van der Waals surface area contributed by atoms with Crippen molar-refractivity contribution in [3.05, 3.63) is 30.3 Å². The fourth-order valence-corrected chi connectivity index (χ4v) is 4.12. The van der Waals surface area contributed by atoms with Gasteiger partial charge in [0.2, 0.25) is 0 Å². The van der Waals surface area contributed by atoms with Crippen LogP contribution in [0.25, 0.3) is 0 Å². The van der Waals surface area contributed by atoms with Crippen molar-refractivity contribution >= 4 is 9.84 Å². The van der Waals surface area contributed by atoms with Gasteiger partial charge in [-0.2, -0.15) is 0 Å². The standard InChI is InChI=1S/C12H18N2O2S/c1-13-14-10-6-5-9-12(14)17(15,16)11-7-3-2-4-8-11/h2-4,7-8,12-13H,5-6,9-10H2,1H3. The van der Waals surface area contributed by atoms with Crippen LogP contribution in [0.4, 0.5) is 0 Å². The smallest absolute Gasteiger partial charge is 0.195 e. The quantitative estimate of drug-likeness (QED) is 0.886. The van der Waals surface area contributed by atoms with E-state index in [9.17, 15) is 8.42 Å². The van der Waals surface area contributed by atoms with Gasteiger partial charge in [-0.05, 0) is 38.4 Å². The lowest BCUT2D eigenvalue weighted by atomic mass is 10.2. The van der Waals surface area contributed by atoms with Crippen LogP contribution in [0.2, 0.25) is 0 Å². The monoisotopic (exact) mass is 254 g/mol. The van der Waals surface area contributed by atoms with Gasteiger partial charge in [-0.3, -0.25) is 5.43 Å². The first-order valence-electron chi connectivity index (χ1n) is 5.89. The zero-order valence-electron chi connectivity index (χ0n) is 9.96. The fourth-order valence-electron chi connectivity index (χ4n) is 2.25. The van der Waals surface area contributed by atoms with Gasteiger partial charge in [0.25, 0.3) is 0 Å². The largest absolute Gasteiger partial charge is 0.257 e. The Morgan fingerprint density at radius 3 is 2.59 bits per heavy atom. The Labute approximate surface area is 103 Å². The molecule has 0 bridgehead atoms. The first-order valence-corrected chi connectivity index (χ1v) is 7.44. The Balaban J connectivity index is 2.31. The molecular weight excluding hydrogens is 236 g/mol. The van der Waals surface area contributed by atoms with Crippen LogP contribution in [0.15, 0.2) is 35.2 Å². The highest BCUT2D eigenvalue weighted by molar-refractivity contribution is 7.92. The van der Waals surface area contributed by atoms with E-state index in [2.05, 4.69) is 5.43 Å². The van der Waals surface area contributed by atoms with Crippen LogP contribution < -0.4 is 5.43 Å². The van der Waals surface area contributed by atoms with Crippen molar-refractivity contribution in [3.63, 3.8) is 0 Å². The van der Waals surface area contributed by atoms with Crippen LogP contribution in [0.3, 0.4) is 0 Å². The van der Waals surface area contributed by atoms with E-state index in [1.165, 1.54) is 0 Å². The number of hydrazine groups is 1. The van der Waals surface area contributed by atoms with Crippen molar-refractivity contribution in [2.45, 2.75) is 29.5 Å². The molecule has 17 heavy (non-hydrogen) atoms. The topological polar surface area (TPSA) is 49.4 Å². The summed E-state index contributed by atoms with van der Waals surface area (Å²) < 4.78 is 24.9. The number of rotatable bonds is 3. The highest BCUT2D eigenvalue weighted by Crippen LogP contribution is 2.25. The van der Waals surface area contributed by atoms with Crippen LogP contribution in [0, 0.1) is 0 Å². The molecule has 1 fully saturated rings. The SMILES string of the molecule is CNN1CCCCC1S(=O)(=O)c1ccccc1. The number of hydrogen-bond donors (Lipinski definition) is 1. The molecule has 0 amide bonds. The van der Waals surface area contributed by atoms with E-state index in [0.717, 1.165) is 19.4 Å². The second-order valence-electron chi connectivity index (χ2n) is 4.23. The summed E-state index contributed by atoms with van der Waals surface area (Å²) in [7, 11) is -1.48. The van der Waals surface area contributed by atoms with Crippen LogP contribution in [0.1, 0.15) is 19.3 Å². The molecule has 0 saturated carbocycles. The minimum Gasteiger partial charge on any atom is -0.257 e. The molecule has 1 aromatic carbocycles. The molecule has 0 radical (unpaired) electrons. The highest BCUT2D eigenvalue weighted by atomic mass is 32.2. The lowest BCUT2D eigenvalue weighted by Gasteiger charge is -2.34. The molecule has 0 aromatic heterocycles. The first kappa shape index (κ1) is 12.5. The van der Waals surface area contributed by atoms with Crippen LogP contribution >= 0.6 is 0 Å². The number of benzene rings is 1. The third-order valence-corrected chi connectivity index (χ3v) is 5.30. The minimum absolute atomic E-state index is 0.409. The average Bonchev–Trinajstić information content (AvgIpc) is 2.39. The van der Waals surface area contributed by atoms with E-state index in [0.29, 0.717) is 11.3 Å². The predicted octanol–water partition coefficient (Wildman–Crippen LogP) is 1.41. The Bertz CT molecular complexity index is 459. The zero-order chi connectivity index (χ0) is 12.3. The molecule has 1 saturated heterocycles. The third-order valence-electron chi connectivity index (χ3n) is 3.16. The summed E-state index contributed by atoms with van der Waals surface area (Å²) in [5.74, 6) is 0. The molecule has 1 atom stereocenters. The van der Waals surface area contributed by atoms with E-state index < -0.39 is 15.2 Å². The van der Waals surface area contributed by atoms with Crippen molar-refractivity contribution in [2.75, 3.05) is 13.6 Å². The molecule has 0 aliphatic carbocycles. The van der Waals surface area contributed by atoms with Gasteiger partial charge in [0, 0.05) is 6.54 Å². The van der Waals surface area contributed by atoms with Crippen LogP contribution in [-0.4, -0.2) is 32.4 Å². The average molecular weight is 254 g/mol. The first-order chi connectivity index (χ1) is 8.16. The van der Waals surface area contributed by atoms with E-state index in [-0.39, 0.29) is 0 Å². The maximum Gasteiger partial charge on any atom is 0.195 e. The number of nitrogens with one attached hydrogen (secondary N) is 1. The van der Waals surface area contributed by atoms with Crippen LogP contribution in [0.5, 0.6) is 0 Å². The Hall–Kier alpha value is -0.910. The lowest BCUT2D eigenvalue weighted by molar-refractivity contribution is 0.144. The normalized spacial score (nSPS) is 22.5.